The van der Waals surface area contributed by atoms with Crippen LogP contribution in [0.5, 0.6) is 0 Å². The molecule has 0 aromatic heterocycles. The van der Waals surface area contributed by atoms with E-state index in [1.165, 1.54) is 0 Å². The third-order valence-corrected chi connectivity index (χ3v) is 2.47. The van der Waals surface area contributed by atoms with Crippen molar-refractivity contribution in [3.8, 4) is 0 Å². The van der Waals surface area contributed by atoms with E-state index in [2.05, 4.69) is 0 Å². The Bertz CT molecular complexity index is 658. The van der Waals surface area contributed by atoms with E-state index >= 15 is 0 Å². The molecule has 0 heterocycles. The van der Waals surface area contributed by atoms with E-state index in [1.54, 1.807) is 0 Å². The van der Waals surface area contributed by atoms with Gasteiger partial charge in [0.25, 0.3) is 0 Å². The Kier molecular flexibility index (Phi) is 3.74. The molecule has 0 N–H and O–H groups in total. The lowest BCUT2D eigenvalue weighted by atomic mass is 9.63. The average Bonchev–Trinajstić information content (AvgIpc) is 2.37. The third kappa shape index (κ3) is 2.50. The molecule has 0 spiro atoms. The van der Waals surface area contributed by atoms with Gasteiger partial charge in [0.15, 0.2) is 34.9 Å². The maximum Gasteiger partial charge on any atom is 0.203 e. The van der Waals surface area contributed by atoms with E-state index in [0.717, 1.165) is 0 Å². The van der Waals surface area contributed by atoms with E-state index in [9.17, 15) is 30.7 Å². The smallest absolute Gasteiger partial charge is 0.203 e. The fourth-order valence-corrected chi connectivity index (χ4v) is 1.55. The Balaban J connectivity index is 2.56. The van der Waals surface area contributed by atoms with Crippen LogP contribution in [0.2, 0.25) is 0 Å². The summed E-state index contributed by atoms with van der Waals surface area (Å²) in [6, 6.07) is 0.607. The van der Waals surface area contributed by atoms with Gasteiger partial charge in [-0.25, -0.2) is 30.7 Å². The van der Waals surface area contributed by atoms with Crippen molar-refractivity contribution in [3.05, 3.63) is 58.9 Å². The first-order valence-electron chi connectivity index (χ1n) is 5.13. The molecule has 0 atom stereocenters. The molecule has 0 saturated heterocycles. The van der Waals surface area contributed by atoms with Gasteiger partial charge in [-0.2, -0.15) is 0 Å². The summed E-state index contributed by atoms with van der Waals surface area (Å²) in [6.07, 6.45) is 0. The summed E-state index contributed by atoms with van der Waals surface area (Å²) in [4.78, 5) is 0. The Morgan fingerprint density at radius 1 is 0.600 bits per heavy atom. The molecule has 0 aliphatic rings. The van der Waals surface area contributed by atoms with Crippen molar-refractivity contribution in [2.24, 2.45) is 0 Å². The van der Waals surface area contributed by atoms with Crippen molar-refractivity contribution in [2.45, 2.75) is 0 Å². The third-order valence-electron chi connectivity index (χ3n) is 2.47. The second-order valence-electron chi connectivity index (χ2n) is 3.82. The van der Waals surface area contributed by atoms with Gasteiger partial charge >= 0.3 is 0 Å². The van der Waals surface area contributed by atoms with E-state index < -0.39 is 51.6 Å². The van der Waals surface area contributed by atoms with Gasteiger partial charge in [-0.05, 0) is 17.0 Å². The molecule has 0 aliphatic carbocycles. The van der Waals surface area contributed by atoms with Crippen molar-refractivity contribution in [1.29, 1.82) is 0 Å². The van der Waals surface area contributed by atoms with Crippen molar-refractivity contribution in [3.63, 3.8) is 0 Å². The SMILES string of the molecule is Fc1cc(F)c(F)c([B]c2c(F)c(F)cc(F)c2F)c1. The predicted molar refractivity (Wildman–Crippen MR) is 57.6 cm³/mol. The highest BCUT2D eigenvalue weighted by Crippen LogP contribution is 2.11. The second-order valence-corrected chi connectivity index (χ2v) is 3.82. The maximum absolute atomic E-state index is 13.3. The van der Waals surface area contributed by atoms with Gasteiger partial charge in [-0.1, -0.05) is 0 Å². The molecule has 0 nitrogen and oxygen atoms in total. The second kappa shape index (κ2) is 5.18. The van der Waals surface area contributed by atoms with E-state index in [1.807, 2.05) is 0 Å². The van der Waals surface area contributed by atoms with Gasteiger partial charge in [-0.3, -0.25) is 0 Å². The molecular weight excluding hydrogens is 288 g/mol. The van der Waals surface area contributed by atoms with E-state index in [-0.39, 0.29) is 19.4 Å². The zero-order chi connectivity index (χ0) is 15.0. The van der Waals surface area contributed by atoms with Crippen molar-refractivity contribution < 1.29 is 30.7 Å². The topological polar surface area (TPSA) is 0 Å². The molecule has 0 fully saturated rings. The highest BCUT2D eigenvalue weighted by atomic mass is 19.2. The Morgan fingerprint density at radius 3 is 1.65 bits per heavy atom. The molecule has 0 saturated carbocycles. The lowest BCUT2D eigenvalue weighted by Crippen LogP contribution is -2.36. The molecule has 2 rings (SSSR count). The molecule has 2 aromatic carbocycles. The summed E-state index contributed by atoms with van der Waals surface area (Å²) in [6.45, 7) is 0. The number of rotatable bonds is 2. The van der Waals surface area contributed by atoms with Crippen molar-refractivity contribution >= 4 is 18.2 Å². The Hall–Kier alpha value is -1.99. The largest absolute Gasteiger partial charge is 0.207 e. The summed E-state index contributed by atoms with van der Waals surface area (Å²) in [5.74, 6) is -11.4. The van der Waals surface area contributed by atoms with Crippen LogP contribution >= 0.6 is 0 Å². The molecule has 8 heteroatoms. The van der Waals surface area contributed by atoms with Crippen LogP contribution in [0.1, 0.15) is 0 Å². The van der Waals surface area contributed by atoms with E-state index in [4.69, 9.17) is 0 Å². The van der Waals surface area contributed by atoms with Crippen LogP contribution in [-0.4, -0.2) is 7.28 Å². The van der Waals surface area contributed by atoms with Crippen molar-refractivity contribution in [1.82, 2.24) is 0 Å². The monoisotopic (exact) mass is 291 g/mol. The van der Waals surface area contributed by atoms with Crippen LogP contribution in [0, 0.1) is 40.7 Å². The molecule has 20 heavy (non-hydrogen) atoms. The van der Waals surface area contributed by atoms with Gasteiger partial charge in [0.05, 0.1) is 0 Å². The van der Waals surface area contributed by atoms with Gasteiger partial charge in [0.2, 0.25) is 7.28 Å². The molecule has 103 valence electrons. The van der Waals surface area contributed by atoms with Crippen LogP contribution in [0.25, 0.3) is 0 Å². The van der Waals surface area contributed by atoms with Gasteiger partial charge < -0.3 is 0 Å². The Morgan fingerprint density at radius 2 is 1.10 bits per heavy atom. The molecule has 0 aliphatic heterocycles. The van der Waals surface area contributed by atoms with Crippen LogP contribution in [0.4, 0.5) is 30.7 Å². The summed E-state index contributed by atoms with van der Waals surface area (Å²) in [5, 5.41) is 0. The van der Waals surface area contributed by atoms with Gasteiger partial charge in [-0.15, -0.1) is 0 Å². The zero-order valence-electron chi connectivity index (χ0n) is 9.46. The quantitative estimate of drug-likeness (QED) is 0.452. The van der Waals surface area contributed by atoms with Gasteiger partial charge in [0, 0.05) is 12.1 Å². The minimum Gasteiger partial charge on any atom is -0.207 e. The minimum absolute atomic E-state index is 0.0372. The number of halogens is 7. The number of hydrogen-bond donors (Lipinski definition) is 0. The predicted octanol–water partition coefficient (Wildman–Crippen LogP) is 2.32. The highest BCUT2D eigenvalue weighted by molar-refractivity contribution is 6.67. The van der Waals surface area contributed by atoms with Gasteiger partial charge in [0.1, 0.15) is 5.82 Å². The summed E-state index contributed by atoms with van der Waals surface area (Å²) in [7, 11) is 0.276. The van der Waals surface area contributed by atoms with Crippen LogP contribution in [0.3, 0.4) is 0 Å². The molecule has 2 aromatic rings. The normalized spacial score (nSPS) is 10.8. The Labute approximate surface area is 109 Å². The molecule has 0 unspecified atom stereocenters. The fraction of sp³-hybridized carbons (Fsp3) is 0. The summed E-state index contributed by atoms with van der Waals surface area (Å²) < 4.78 is 91.7. The molecular formula is C12H3BF7. The van der Waals surface area contributed by atoms with E-state index in [0.29, 0.717) is 6.07 Å². The lowest BCUT2D eigenvalue weighted by molar-refractivity contribution is 0.463. The first kappa shape index (κ1) is 14.4. The lowest BCUT2D eigenvalue weighted by Gasteiger charge is -2.07. The molecule has 0 amide bonds. The molecule has 1 radical (unpaired) electrons. The fourth-order valence-electron chi connectivity index (χ4n) is 1.55. The maximum atomic E-state index is 13.3. The number of benzene rings is 2. The zero-order valence-corrected chi connectivity index (χ0v) is 9.46. The average molecular weight is 291 g/mol. The van der Waals surface area contributed by atoms with Crippen molar-refractivity contribution in [2.75, 3.05) is 0 Å². The van der Waals surface area contributed by atoms with Crippen LogP contribution < -0.4 is 10.9 Å². The van der Waals surface area contributed by atoms with Crippen LogP contribution in [-0.2, 0) is 0 Å². The summed E-state index contributed by atoms with van der Waals surface area (Å²) >= 11 is 0. The van der Waals surface area contributed by atoms with Crippen LogP contribution in [0.15, 0.2) is 18.2 Å². The first-order chi connectivity index (χ1) is 9.31. The first-order valence-corrected chi connectivity index (χ1v) is 5.13. The standard InChI is InChI=1S/C12H3BF7/c14-4-1-5(10(18)6(15)2-4)13-9-11(19)7(16)3-8(17)12(9)20/h1-3H. The highest BCUT2D eigenvalue weighted by Gasteiger charge is 2.22. The molecule has 0 bridgehead atoms. The summed E-state index contributed by atoms with van der Waals surface area (Å²) in [5.41, 5.74) is -2.16. The number of hydrogen-bond acceptors (Lipinski definition) is 0. The minimum atomic E-state index is -1.80.